The summed E-state index contributed by atoms with van der Waals surface area (Å²) in [6, 6.07) is 5.62. The Kier molecular flexibility index (Phi) is 3.56. The second-order valence-electron chi connectivity index (χ2n) is 4.55. The molecule has 1 aromatic carbocycles. The van der Waals surface area contributed by atoms with Gasteiger partial charge in [0.05, 0.1) is 0 Å². The maximum atomic E-state index is 11.1. The summed E-state index contributed by atoms with van der Waals surface area (Å²) in [6.45, 7) is 4.97. The first-order valence-corrected chi connectivity index (χ1v) is 5.30. The fourth-order valence-electron chi connectivity index (χ4n) is 1.61. The molecule has 0 aliphatic rings. The molecule has 1 rings (SSSR count). The van der Waals surface area contributed by atoms with E-state index in [1.54, 1.807) is 0 Å². The van der Waals surface area contributed by atoms with Crippen LogP contribution in [0.1, 0.15) is 23.6 Å². The van der Waals surface area contributed by atoms with Crippen molar-refractivity contribution in [3.63, 3.8) is 0 Å². The number of aliphatic carboxylic acids is 2. The molecule has 0 atom stereocenters. The third kappa shape index (κ3) is 2.64. The van der Waals surface area contributed by atoms with Crippen molar-refractivity contribution in [3.05, 3.63) is 34.9 Å². The summed E-state index contributed by atoms with van der Waals surface area (Å²) in [4.78, 5) is 22.2. The summed E-state index contributed by atoms with van der Waals surface area (Å²) in [5.74, 6) is -2.63. The highest BCUT2D eigenvalue weighted by atomic mass is 16.4. The summed E-state index contributed by atoms with van der Waals surface area (Å²) in [5, 5.41) is 18.1. The molecule has 2 N–H and O–H groups in total. The van der Waals surface area contributed by atoms with Gasteiger partial charge in [-0.05, 0) is 38.3 Å². The molecule has 4 nitrogen and oxygen atoms in total. The fourth-order valence-corrected chi connectivity index (χ4v) is 1.61. The highest BCUT2D eigenvalue weighted by molar-refractivity contribution is 5.98. The van der Waals surface area contributed by atoms with Crippen LogP contribution in [0.2, 0.25) is 0 Å². The largest absolute Gasteiger partial charge is 0.480 e. The van der Waals surface area contributed by atoms with Crippen molar-refractivity contribution in [1.29, 1.82) is 0 Å². The number of carboxylic acids is 2. The number of carboxylic acid groups (broad SMARTS) is 2. The normalized spacial score (nSPS) is 11.2. The van der Waals surface area contributed by atoms with Gasteiger partial charge in [-0.15, -0.1) is 0 Å². The van der Waals surface area contributed by atoms with E-state index < -0.39 is 17.4 Å². The summed E-state index contributed by atoms with van der Waals surface area (Å²) < 4.78 is 0. The van der Waals surface area contributed by atoms with Crippen LogP contribution < -0.4 is 0 Å². The van der Waals surface area contributed by atoms with E-state index in [-0.39, 0.29) is 6.42 Å². The first-order chi connectivity index (χ1) is 7.77. The first kappa shape index (κ1) is 13.2. The Balaban J connectivity index is 3.15. The van der Waals surface area contributed by atoms with E-state index >= 15 is 0 Å². The molecular formula is C13H16O4. The quantitative estimate of drug-likeness (QED) is 0.784. The van der Waals surface area contributed by atoms with Crippen LogP contribution in [0.5, 0.6) is 0 Å². The lowest BCUT2D eigenvalue weighted by molar-refractivity contribution is -0.163. The molecule has 0 aromatic heterocycles. The van der Waals surface area contributed by atoms with Gasteiger partial charge in [-0.2, -0.15) is 0 Å². The van der Waals surface area contributed by atoms with Gasteiger partial charge in [0.15, 0.2) is 5.41 Å². The molecule has 0 saturated carbocycles. The average Bonchev–Trinajstić information content (AvgIpc) is 2.22. The minimum absolute atomic E-state index is 0.00875. The van der Waals surface area contributed by atoms with Crippen LogP contribution in [-0.4, -0.2) is 22.2 Å². The van der Waals surface area contributed by atoms with Crippen LogP contribution >= 0.6 is 0 Å². The van der Waals surface area contributed by atoms with Crippen LogP contribution in [0, 0.1) is 19.3 Å². The van der Waals surface area contributed by atoms with Gasteiger partial charge in [0, 0.05) is 0 Å². The number of hydrogen-bond acceptors (Lipinski definition) is 2. The third-order valence-corrected chi connectivity index (χ3v) is 2.99. The minimum Gasteiger partial charge on any atom is -0.480 e. The molecule has 0 radical (unpaired) electrons. The zero-order chi connectivity index (χ0) is 13.2. The Morgan fingerprint density at radius 3 is 2.18 bits per heavy atom. The lowest BCUT2D eigenvalue weighted by Crippen LogP contribution is -2.38. The third-order valence-electron chi connectivity index (χ3n) is 2.99. The maximum Gasteiger partial charge on any atom is 0.321 e. The Hall–Kier alpha value is -1.84. The Morgan fingerprint density at radius 2 is 1.71 bits per heavy atom. The van der Waals surface area contributed by atoms with Crippen molar-refractivity contribution in [2.24, 2.45) is 5.41 Å². The molecule has 0 bridgehead atoms. The molecule has 0 aliphatic heterocycles. The van der Waals surface area contributed by atoms with Crippen LogP contribution in [0.3, 0.4) is 0 Å². The monoisotopic (exact) mass is 236 g/mol. The van der Waals surface area contributed by atoms with E-state index in [1.165, 1.54) is 6.92 Å². The lowest BCUT2D eigenvalue weighted by atomic mass is 9.82. The van der Waals surface area contributed by atoms with Gasteiger partial charge in [0.1, 0.15) is 0 Å². The summed E-state index contributed by atoms with van der Waals surface area (Å²) in [7, 11) is 0. The van der Waals surface area contributed by atoms with Crippen LogP contribution in [0.15, 0.2) is 18.2 Å². The van der Waals surface area contributed by atoms with E-state index in [2.05, 4.69) is 0 Å². The maximum absolute atomic E-state index is 11.1. The van der Waals surface area contributed by atoms with E-state index in [0.29, 0.717) is 0 Å². The zero-order valence-electron chi connectivity index (χ0n) is 10.2. The van der Waals surface area contributed by atoms with Gasteiger partial charge < -0.3 is 10.2 Å². The van der Waals surface area contributed by atoms with Crippen molar-refractivity contribution in [3.8, 4) is 0 Å². The summed E-state index contributed by atoms with van der Waals surface area (Å²) in [6.07, 6.45) is -0.00875. The predicted molar refractivity (Wildman–Crippen MR) is 63.0 cm³/mol. The Morgan fingerprint density at radius 1 is 1.18 bits per heavy atom. The van der Waals surface area contributed by atoms with Gasteiger partial charge in [0.25, 0.3) is 0 Å². The topological polar surface area (TPSA) is 74.6 Å². The molecule has 0 amide bonds. The smallest absolute Gasteiger partial charge is 0.321 e. The van der Waals surface area contributed by atoms with Crippen molar-refractivity contribution >= 4 is 11.9 Å². The van der Waals surface area contributed by atoms with Crippen LogP contribution in [0.4, 0.5) is 0 Å². The van der Waals surface area contributed by atoms with Crippen molar-refractivity contribution in [2.45, 2.75) is 27.2 Å². The number of hydrogen-bond donors (Lipinski definition) is 2. The molecule has 4 heteroatoms. The number of aryl methyl sites for hydroxylation is 2. The van der Waals surface area contributed by atoms with Gasteiger partial charge in [-0.1, -0.05) is 23.8 Å². The van der Waals surface area contributed by atoms with Crippen molar-refractivity contribution < 1.29 is 19.8 Å². The molecule has 0 heterocycles. The van der Waals surface area contributed by atoms with Crippen molar-refractivity contribution in [1.82, 2.24) is 0 Å². The molecule has 0 unspecified atom stereocenters. The second kappa shape index (κ2) is 4.57. The number of carbonyl (C=O) groups is 2. The summed E-state index contributed by atoms with van der Waals surface area (Å²) >= 11 is 0. The predicted octanol–water partition coefficient (Wildman–Crippen LogP) is 2.02. The Bertz CT molecular complexity index is 448. The van der Waals surface area contributed by atoms with Crippen LogP contribution in [0.25, 0.3) is 0 Å². The number of rotatable bonds is 4. The molecule has 0 aliphatic carbocycles. The number of benzene rings is 1. The Labute approximate surface area is 99.9 Å². The van der Waals surface area contributed by atoms with Gasteiger partial charge >= 0.3 is 11.9 Å². The van der Waals surface area contributed by atoms with Crippen LogP contribution in [-0.2, 0) is 16.0 Å². The van der Waals surface area contributed by atoms with E-state index in [9.17, 15) is 9.59 Å². The lowest BCUT2D eigenvalue weighted by Gasteiger charge is -2.21. The van der Waals surface area contributed by atoms with Gasteiger partial charge in [0.2, 0.25) is 0 Å². The average molecular weight is 236 g/mol. The molecule has 17 heavy (non-hydrogen) atoms. The molecule has 0 saturated heterocycles. The zero-order valence-corrected chi connectivity index (χ0v) is 10.2. The van der Waals surface area contributed by atoms with Gasteiger partial charge in [-0.3, -0.25) is 9.59 Å². The second-order valence-corrected chi connectivity index (χ2v) is 4.55. The molecule has 0 fully saturated rings. The molecule has 1 aromatic rings. The SMILES string of the molecule is Cc1ccc(C)c(CC(C)(C(=O)O)C(=O)O)c1. The van der Waals surface area contributed by atoms with Gasteiger partial charge in [-0.25, -0.2) is 0 Å². The molecule has 92 valence electrons. The highest BCUT2D eigenvalue weighted by Crippen LogP contribution is 2.25. The van der Waals surface area contributed by atoms with E-state index in [4.69, 9.17) is 10.2 Å². The van der Waals surface area contributed by atoms with E-state index in [0.717, 1.165) is 16.7 Å². The van der Waals surface area contributed by atoms with E-state index in [1.807, 2.05) is 32.0 Å². The molecule has 0 spiro atoms. The highest BCUT2D eigenvalue weighted by Gasteiger charge is 2.41. The van der Waals surface area contributed by atoms with Crippen molar-refractivity contribution in [2.75, 3.05) is 0 Å². The minimum atomic E-state index is -1.78. The molecular weight excluding hydrogens is 220 g/mol. The summed E-state index contributed by atoms with van der Waals surface area (Å²) in [5.41, 5.74) is 0.879. The first-order valence-electron chi connectivity index (χ1n) is 5.30. The standard InChI is InChI=1S/C13H16O4/c1-8-4-5-9(2)10(6-8)7-13(3,11(14)15)12(16)17/h4-6H,7H2,1-3H3,(H,14,15)(H,16,17). The fraction of sp³-hybridized carbons (Fsp3) is 0.385.